The van der Waals surface area contributed by atoms with E-state index in [9.17, 15) is 22.8 Å². The Labute approximate surface area is 162 Å². The second kappa shape index (κ2) is 9.18. The zero-order chi connectivity index (χ0) is 20.0. The van der Waals surface area contributed by atoms with E-state index in [2.05, 4.69) is 15.3 Å². The van der Waals surface area contributed by atoms with Gasteiger partial charge in [0, 0.05) is 31.3 Å². The molecular weight excluding hydrogens is 403 g/mol. The number of Topliss-reactive ketones (excluding diaryl/α,β-unsaturated/α-hetero) is 1. The number of nitrogens with zero attached hydrogens (tertiary/aromatic N) is 2. The first-order valence-corrected chi connectivity index (χ1v) is 9.15. The third-order valence-electron chi connectivity index (χ3n) is 3.31. The van der Waals surface area contributed by atoms with E-state index < -0.39 is 11.7 Å². The molecule has 0 fully saturated rings. The van der Waals surface area contributed by atoms with Crippen LogP contribution < -0.4 is 5.32 Å². The van der Waals surface area contributed by atoms with Crippen molar-refractivity contribution < 1.29 is 22.8 Å². The molecule has 2 aromatic rings. The van der Waals surface area contributed by atoms with Gasteiger partial charge >= 0.3 is 6.18 Å². The van der Waals surface area contributed by atoms with E-state index >= 15 is 0 Å². The number of aromatic nitrogens is 2. The average molecular weight is 418 g/mol. The highest BCUT2D eigenvalue weighted by Gasteiger charge is 2.31. The van der Waals surface area contributed by atoms with Crippen molar-refractivity contribution >= 4 is 40.9 Å². The van der Waals surface area contributed by atoms with Crippen molar-refractivity contribution in [3.05, 3.63) is 46.7 Å². The molecule has 0 unspecified atom stereocenters. The number of thioether (sulfide) groups is 1. The summed E-state index contributed by atoms with van der Waals surface area (Å²) in [5, 5.41) is 2.71. The van der Waals surface area contributed by atoms with E-state index in [1.807, 2.05) is 0 Å². The topological polar surface area (TPSA) is 72.0 Å². The Balaban J connectivity index is 1.86. The van der Waals surface area contributed by atoms with Gasteiger partial charge in [-0.2, -0.15) is 13.2 Å². The van der Waals surface area contributed by atoms with E-state index in [-0.39, 0.29) is 28.2 Å². The maximum atomic E-state index is 12.6. The van der Waals surface area contributed by atoms with Crippen LogP contribution in [0.3, 0.4) is 0 Å². The number of amides is 1. The smallest absolute Gasteiger partial charge is 0.311 e. The Morgan fingerprint density at radius 3 is 2.63 bits per heavy atom. The van der Waals surface area contributed by atoms with Gasteiger partial charge in [0.1, 0.15) is 10.8 Å². The van der Waals surface area contributed by atoms with Crippen LogP contribution in [0, 0.1) is 0 Å². The summed E-state index contributed by atoms with van der Waals surface area (Å²) in [4.78, 5) is 30.9. The molecular formula is C17H15ClF3N3O2S. The van der Waals surface area contributed by atoms with Crippen LogP contribution in [0.5, 0.6) is 0 Å². The van der Waals surface area contributed by atoms with Crippen LogP contribution in [0.15, 0.2) is 35.6 Å². The second-order valence-corrected chi connectivity index (χ2v) is 6.99. The standard InChI is InChI=1S/C17H15ClF3N3O2S/c1-10(25)24-15-7-11(4-5-22-15)14(26)3-2-6-27-16-13(18)8-12(9-23-16)17(19,20)21/h4-5,7-9H,2-3,6H2,1H3,(H,22,24,25). The molecule has 0 atom stereocenters. The second-order valence-electron chi connectivity index (χ2n) is 5.49. The molecule has 1 amide bonds. The molecule has 0 saturated carbocycles. The van der Waals surface area contributed by atoms with Gasteiger partial charge in [0.25, 0.3) is 0 Å². The number of alkyl halides is 3. The highest BCUT2D eigenvalue weighted by molar-refractivity contribution is 7.99. The minimum atomic E-state index is -4.49. The van der Waals surface area contributed by atoms with Crippen molar-refractivity contribution in [3.8, 4) is 0 Å². The van der Waals surface area contributed by atoms with E-state index in [1.54, 1.807) is 6.07 Å². The maximum Gasteiger partial charge on any atom is 0.417 e. The Hall–Kier alpha value is -2.13. The molecule has 144 valence electrons. The number of nitrogens with one attached hydrogen (secondary N) is 1. The first kappa shape index (κ1) is 21.2. The van der Waals surface area contributed by atoms with E-state index in [0.717, 1.165) is 12.3 Å². The first-order valence-electron chi connectivity index (χ1n) is 7.79. The number of hydrogen-bond acceptors (Lipinski definition) is 5. The van der Waals surface area contributed by atoms with E-state index in [0.29, 0.717) is 23.6 Å². The van der Waals surface area contributed by atoms with Gasteiger partial charge in [-0.05, 0) is 30.4 Å². The minimum absolute atomic E-state index is 0.0739. The largest absolute Gasteiger partial charge is 0.417 e. The van der Waals surface area contributed by atoms with Gasteiger partial charge in [-0.1, -0.05) is 11.6 Å². The molecule has 0 aliphatic heterocycles. The van der Waals surface area contributed by atoms with Crippen molar-refractivity contribution in [2.45, 2.75) is 31.0 Å². The summed E-state index contributed by atoms with van der Waals surface area (Å²) >= 11 is 7.02. The Morgan fingerprint density at radius 2 is 2.00 bits per heavy atom. The minimum Gasteiger partial charge on any atom is -0.311 e. The lowest BCUT2D eigenvalue weighted by Crippen LogP contribution is -2.09. The molecule has 0 aliphatic rings. The van der Waals surface area contributed by atoms with E-state index in [4.69, 9.17) is 11.6 Å². The number of ketones is 1. The monoisotopic (exact) mass is 417 g/mol. The molecule has 1 N–H and O–H groups in total. The lowest BCUT2D eigenvalue weighted by atomic mass is 10.1. The molecule has 0 bridgehead atoms. The van der Waals surface area contributed by atoms with Crippen LogP contribution >= 0.6 is 23.4 Å². The van der Waals surface area contributed by atoms with E-state index in [1.165, 1.54) is 30.9 Å². The summed E-state index contributed by atoms with van der Waals surface area (Å²) in [5.41, 5.74) is -0.482. The number of carbonyl (C=O) groups excluding carboxylic acids is 2. The lowest BCUT2D eigenvalue weighted by molar-refractivity contribution is -0.137. The zero-order valence-electron chi connectivity index (χ0n) is 14.1. The summed E-state index contributed by atoms with van der Waals surface area (Å²) in [7, 11) is 0. The Kier molecular flexibility index (Phi) is 7.20. The number of pyridine rings is 2. The summed E-state index contributed by atoms with van der Waals surface area (Å²) in [6.45, 7) is 1.34. The lowest BCUT2D eigenvalue weighted by Gasteiger charge is -2.09. The molecule has 0 spiro atoms. The summed E-state index contributed by atoms with van der Waals surface area (Å²) in [6.07, 6.45) is -1.61. The van der Waals surface area contributed by atoms with Crippen LogP contribution in [0.4, 0.5) is 19.0 Å². The quantitative estimate of drug-likeness (QED) is 0.395. The fraction of sp³-hybridized carbons (Fsp3) is 0.294. The van der Waals surface area contributed by atoms with Crippen molar-refractivity contribution in [1.82, 2.24) is 9.97 Å². The van der Waals surface area contributed by atoms with Crippen LogP contribution in [0.2, 0.25) is 5.02 Å². The molecule has 2 rings (SSSR count). The normalized spacial score (nSPS) is 11.3. The maximum absolute atomic E-state index is 12.6. The van der Waals surface area contributed by atoms with Crippen LogP contribution in [-0.2, 0) is 11.0 Å². The predicted octanol–water partition coefficient (Wildman–Crippen LogP) is 4.86. The number of carbonyl (C=O) groups is 2. The van der Waals surface area contributed by atoms with Crippen LogP contribution in [-0.4, -0.2) is 27.4 Å². The van der Waals surface area contributed by atoms with Crippen molar-refractivity contribution in [2.24, 2.45) is 0 Å². The fourth-order valence-electron chi connectivity index (χ4n) is 2.09. The third kappa shape index (κ3) is 6.51. The Morgan fingerprint density at radius 1 is 1.26 bits per heavy atom. The number of rotatable bonds is 7. The van der Waals surface area contributed by atoms with Gasteiger partial charge in [-0.15, -0.1) is 11.8 Å². The summed E-state index contributed by atoms with van der Waals surface area (Å²) in [6, 6.07) is 3.88. The Bertz CT molecular complexity index is 846. The van der Waals surface area contributed by atoms with Gasteiger partial charge in [0.15, 0.2) is 5.78 Å². The molecule has 0 saturated heterocycles. The number of halogens is 4. The fourth-order valence-corrected chi connectivity index (χ4v) is 3.22. The van der Waals surface area contributed by atoms with Crippen LogP contribution in [0.25, 0.3) is 0 Å². The highest BCUT2D eigenvalue weighted by Crippen LogP contribution is 2.33. The molecule has 0 aliphatic carbocycles. The molecule has 5 nitrogen and oxygen atoms in total. The molecule has 27 heavy (non-hydrogen) atoms. The van der Waals surface area contributed by atoms with Crippen molar-refractivity contribution in [1.29, 1.82) is 0 Å². The highest BCUT2D eigenvalue weighted by atomic mass is 35.5. The van der Waals surface area contributed by atoms with Gasteiger partial charge in [0.2, 0.25) is 5.91 Å². The zero-order valence-corrected chi connectivity index (χ0v) is 15.7. The molecule has 0 radical (unpaired) electrons. The van der Waals surface area contributed by atoms with Crippen LogP contribution in [0.1, 0.15) is 35.7 Å². The summed E-state index contributed by atoms with van der Waals surface area (Å²) < 4.78 is 37.8. The number of hydrogen-bond donors (Lipinski definition) is 1. The van der Waals surface area contributed by atoms with Gasteiger partial charge in [-0.3, -0.25) is 9.59 Å². The third-order valence-corrected chi connectivity index (χ3v) is 4.80. The van der Waals surface area contributed by atoms with Crippen molar-refractivity contribution in [3.63, 3.8) is 0 Å². The SMILES string of the molecule is CC(=O)Nc1cc(C(=O)CCCSc2ncc(C(F)(F)F)cc2Cl)ccn1. The molecule has 10 heteroatoms. The van der Waals surface area contributed by atoms with Gasteiger partial charge in [-0.25, -0.2) is 9.97 Å². The molecule has 2 aromatic heterocycles. The average Bonchev–Trinajstić information content (AvgIpc) is 2.58. The molecule has 0 aromatic carbocycles. The number of anilines is 1. The van der Waals surface area contributed by atoms with Gasteiger partial charge < -0.3 is 5.32 Å². The molecule has 2 heterocycles. The van der Waals surface area contributed by atoms with Gasteiger partial charge in [0.05, 0.1) is 10.6 Å². The first-order chi connectivity index (χ1) is 12.7. The summed E-state index contributed by atoms with van der Waals surface area (Å²) in [5.74, 6) is 0.344. The predicted molar refractivity (Wildman–Crippen MR) is 97.1 cm³/mol. The van der Waals surface area contributed by atoms with Crippen molar-refractivity contribution in [2.75, 3.05) is 11.1 Å².